The molecular weight excluding hydrogens is 288 g/mol. The summed E-state index contributed by atoms with van der Waals surface area (Å²) in [5.41, 5.74) is 10.5. The number of rotatable bonds is 3. The fraction of sp³-hybridized carbons (Fsp3) is 0.154. The van der Waals surface area contributed by atoms with Crippen LogP contribution in [0.1, 0.15) is 5.82 Å². The third kappa shape index (κ3) is 2.69. The van der Waals surface area contributed by atoms with Crippen molar-refractivity contribution in [2.45, 2.75) is 6.43 Å². The van der Waals surface area contributed by atoms with Gasteiger partial charge in [0.25, 0.3) is 6.43 Å². The van der Waals surface area contributed by atoms with Gasteiger partial charge < -0.3 is 16.0 Å². The number of alkyl halides is 2. The summed E-state index contributed by atoms with van der Waals surface area (Å²) in [5, 5.41) is 0. The Bertz CT molecular complexity index is 746. The van der Waals surface area contributed by atoms with E-state index in [0.717, 1.165) is 24.4 Å². The summed E-state index contributed by atoms with van der Waals surface area (Å²) in [5.74, 6) is -1.91. The molecule has 0 amide bonds. The molecule has 4 nitrogen and oxygen atoms in total. The predicted molar refractivity (Wildman–Crippen MR) is 71.1 cm³/mol. The van der Waals surface area contributed by atoms with Crippen LogP contribution in [0, 0.1) is 11.6 Å². The first-order chi connectivity index (χ1) is 9.85. The van der Waals surface area contributed by atoms with Crippen molar-refractivity contribution in [2.75, 3.05) is 0 Å². The molecule has 4 N–H and O–H groups in total. The van der Waals surface area contributed by atoms with Gasteiger partial charge in [-0.05, 0) is 6.08 Å². The minimum atomic E-state index is -2.84. The number of hydrogen-bond acceptors (Lipinski definition) is 3. The lowest BCUT2D eigenvalue weighted by Gasteiger charge is -2.05. The van der Waals surface area contributed by atoms with Crippen LogP contribution in [-0.2, 0) is 7.05 Å². The third-order valence-corrected chi connectivity index (χ3v) is 2.93. The Hall–Kier alpha value is -2.51. The first-order valence-electron chi connectivity index (χ1n) is 5.84. The van der Waals surface area contributed by atoms with Crippen molar-refractivity contribution in [3.63, 3.8) is 0 Å². The molecule has 1 aromatic carbocycles. The van der Waals surface area contributed by atoms with Crippen LogP contribution in [0.15, 0.2) is 30.1 Å². The molecule has 21 heavy (non-hydrogen) atoms. The number of allylic oxidation sites excluding steroid dienone is 3. The Morgan fingerprint density at radius 1 is 1.29 bits per heavy atom. The highest BCUT2D eigenvalue weighted by Gasteiger charge is 2.15. The van der Waals surface area contributed by atoms with Gasteiger partial charge in [-0.1, -0.05) is 0 Å². The number of hydrogen-bond donors (Lipinski definition) is 2. The zero-order valence-electron chi connectivity index (χ0n) is 10.9. The quantitative estimate of drug-likeness (QED) is 0.675. The van der Waals surface area contributed by atoms with Crippen molar-refractivity contribution in [3.05, 3.63) is 47.6 Å². The Balaban J connectivity index is 2.61. The molecule has 1 aromatic heterocycles. The van der Waals surface area contributed by atoms with E-state index in [1.165, 1.54) is 11.6 Å². The largest absolute Gasteiger partial charge is 0.404 e. The number of aryl methyl sites for hydroxylation is 1. The van der Waals surface area contributed by atoms with Gasteiger partial charge in [0, 0.05) is 31.0 Å². The van der Waals surface area contributed by atoms with Crippen molar-refractivity contribution in [3.8, 4) is 0 Å². The lowest BCUT2D eigenvalue weighted by molar-refractivity contribution is 0.188. The van der Waals surface area contributed by atoms with Gasteiger partial charge in [-0.15, -0.1) is 0 Å². The van der Waals surface area contributed by atoms with Gasteiger partial charge in [0.05, 0.1) is 16.7 Å². The molecule has 0 aliphatic rings. The van der Waals surface area contributed by atoms with E-state index in [1.54, 1.807) is 0 Å². The molecule has 2 aromatic rings. The molecule has 1 heterocycles. The summed E-state index contributed by atoms with van der Waals surface area (Å²) >= 11 is 0. The molecule has 0 aliphatic heterocycles. The standard InChI is InChI=1S/C13H12F4N4/c1-21-11-4-8(15)7(14)3-10(11)20-13(21)6(5-18)2-9(19)12(16)17/h2-5,12H,18-19H2,1H3/b6-5+,9-2-. The SMILES string of the molecule is Cn1c(C(/C=C(\N)C(F)F)=C/N)nc2cc(F)c(F)cc21. The summed E-state index contributed by atoms with van der Waals surface area (Å²) < 4.78 is 52.8. The average molecular weight is 300 g/mol. The van der Waals surface area contributed by atoms with Crippen LogP contribution >= 0.6 is 0 Å². The normalized spacial score (nSPS) is 13.4. The molecule has 0 saturated carbocycles. The summed E-state index contributed by atoms with van der Waals surface area (Å²) in [4.78, 5) is 4.06. The fourth-order valence-corrected chi connectivity index (χ4v) is 1.88. The minimum Gasteiger partial charge on any atom is -0.404 e. The zero-order valence-corrected chi connectivity index (χ0v) is 10.9. The van der Waals surface area contributed by atoms with Crippen LogP contribution < -0.4 is 11.5 Å². The maximum absolute atomic E-state index is 13.3. The van der Waals surface area contributed by atoms with Crippen molar-refractivity contribution in [1.82, 2.24) is 9.55 Å². The average Bonchev–Trinajstić information content (AvgIpc) is 2.73. The second kappa shape index (κ2) is 5.47. The first-order valence-corrected chi connectivity index (χ1v) is 5.84. The van der Waals surface area contributed by atoms with Crippen molar-refractivity contribution >= 4 is 16.6 Å². The first kappa shape index (κ1) is 14.9. The highest BCUT2D eigenvalue weighted by molar-refractivity contribution is 5.82. The molecule has 0 spiro atoms. The minimum absolute atomic E-state index is 0.118. The summed E-state index contributed by atoms with van der Waals surface area (Å²) in [6, 6.07) is 1.89. The fourth-order valence-electron chi connectivity index (χ4n) is 1.88. The van der Waals surface area contributed by atoms with E-state index in [4.69, 9.17) is 11.5 Å². The van der Waals surface area contributed by atoms with Crippen LogP contribution in [0.4, 0.5) is 17.6 Å². The van der Waals surface area contributed by atoms with Gasteiger partial charge in [0.2, 0.25) is 0 Å². The lowest BCUT2D eigenvalue weighted by atomic mass is 10.2. The van der Waals surface area contributed by atoms with E-state index in [-0.39, 0.29) is 16.9 Å². The number of imidazole rings is 1. The second-order valence-corrected chi connectivity index (χ2v) is 4.32. The smallest absolute Gasteiger partial charge is 0.277 e. The topological polar surface area (TPSA) is 69.9 Å². The second-order valence-electron chi connectivity index (χ2n) is 4.32. The van der Waals surface area contributed by atoms with Gasteiger partial charge in [0.15, 0.2) is 11.6 Å². The van der Waals surface area contributed by atoms with Crippen LogP contribution in [-0.4, -0.2) is 16.0 Å². The summed E-state index contributed by atoms with van der Waals surface area (Å²) in [6.07, 6.45) is -0.827. The predicted octanol–water partition coefficient (Wildman–Crippen LogP) is 2.26. The van der Waals surface area contributed by atoms with Crippen molar-refractivity contribution in [2.24, 2.45) is 18.5 Å². The number of nitrogens with two attached hydrogens (primary N) is 2. The van der Waals surface area contributed by atoms with Gasteiger partial charge in [-0.2, -0.15) is 0 Å². The van der Waals surface area contributed by atoms with Gasteiger partial charge in [-0.25, -0.2) is 22.5 Å². The third-order valence-electron chi connectivity index (χ3n) is 2.93. The van der Waals surface area contributed by atoms with E-state index in [2.05, 4.69) is 4.98 Å². The van der Waals surface area contributed by atoms with Crippen LogP contribution in [0.3, 0.4) is 0 Å². The molecule has 0 radical (unpaired) electrons. The van der Waals surface area contributed by atoms with Crippen LogP contribution in [0.2, 0.25) is 0 Å². The lowest BCUT2D eigenvalue weighted by Crippen LogP contribution is -2.09. The molecule has 0 saturated heterocycles. The maximum Gasteiger partial charge on any atom is 0.277 e. The number of aromatic nitrogens is 2. The highest BCUT2D eigenvalue weighted by Crippen LogP contribution is 2.24. The highest BCUT2D eigenvalue weighted by atomic mass is 19.3. The van der Waals surface area contributed by atoms with Crippen molar-refractivity contribution < 1.29 is 17.6 Å². The number of halogens is 4. The Labute approximate surface area is 117 Å². The molecule has 0 aliphatic carbocycles. The molecule has 112 valence electrons. The molecule has 2 rings (SSSR count). The molecule has 0 unspecified atom stereocenters. The van der Waals surface area contributed by atoms with E-state index >= 15 is 0 Å². The van der Waals surface area contributed by atoms with Gasteiger partial charge in [0.1, 0.15) is 5.82 Å². The van der Waals surface area contributed by atoms with E-state index in [1.807, 2.05) is 0 Å². The van der Waals surface area contributed by atoms with E-state index in [9.17, 15) is 17.6 Å². The van der Waals surface area contributed by atoms with Crippen LogP contribution in [0.25, 0.3) is 16.6 Å². The Kier molecular flexibility index (Phi) is 3.88. The molecule has 0 fully saturated rings. The monoisotopic (exact) mass is 300 g/mol. The number of benzene rings is 1. The molecule has 0 atom stereocenters. The Morgan fingerprint density at radius 3 is 2.48 bits per heavy atom. The van der Waals surface area contributed by atoms with E-state index in [0.29, 0.717) is 5.52 Å². The zero-order chi connectivity index (χ0) is 15.7. The Morgan fingerprint density at radius 2 is 1.90 bits per heavy atom. The van der Waals surface area contributed by atoms with Gasteiger partial charge in [-0.3, -0.25) is 0 Å². The van der Waals surface area contributed by atoms with Crippen LogP contribution in [0.5, 0.6) is 0 Å². The maximum atomic E-state index is 13.3. The summed E-state index contributed by atoms with van der Waals surface area (Å²) in [6.45, 7) is 0. The van der Waals surface area contributed by atoms with Gasteiger partial charge >= 0.3 is 0 Å². The number of fused-ring (bicyclic) bond motifs is 1. The molecule has 8 heteroatoms. The van der Waals surface area contributed by atoms with Crippen molar-refractivity contribution in [1.29, 1.82) is 0 Å². The molecule has 0 bridgehead atoms. The number of nitrogens with zero attached hydrogens (tertiary/aromatic N) is 2. The molecular formula is C13H12F4N4. The van der Waals surface area contributed by atoms with E-state index < -0.39 is 23.8 Å². The summed E-state index contributed by atoms with van der Waals surface area (Å²) in [7, 11) is 1.53.